The Hall–Kier alpha value is -0.390. The molecule has 0 aromatic rings. The van der Waals surface area contributed by atoms with E-state index in [9.17, 15) is 9.59 Å². The summed E-state index contributed by atoms with van der Waals surface area (Å²) >= 11 is 1.96. The number of rotatable bonds is 1. The quantitative estimate of drug-likeness (QED) is 0.284. The van der Waals surface area contributed by atoms with E-state index in [4.69, 9.17) is 0 Å². The van der Waals surface area contributed by atoms with Crippen molar-refractivity contribution in [2.75, 3.05) is 4.55 Å². The van der Waals surface area contributed by atoms with Gasteiger partial charge in [0.15, 0.2) is 0 Å². The molecule has 0 atom stereocenters. The number of hydrogen-bond acceptors (Lipinski definition) is 2. The van der Waals surface area contributed by atoms with E-state index in [-0.39, 0.29) is 11.8 Å². The third kappa shape index (κ3) is 1.12. The average molecular weight is 235 g/mol. The molecule has 0 bridgehead atoms. The normalized spacial score (nSPS) is 17.7. The minimum Gasteiger partial charge on any atom is -0.269 e. The van der Waals surface area contributed by atoms with E-state index in [0.29, 0.717) is 4.55 Å². The predicted molar refractivity (Wildman–Crippen MR) is 39.9 cm³/mol. The lowest BCUT2D eigenvalue weighted by molar-refractivity contribution is -0.135. The van der Waals surface area contributed by atoms with E-state index in [2.05, 4.69) is 0 Å². The Labute approximate surface area is 65.8 Å². The molecule has 0 unspecified atom stereocenters. The standard InChI is InChI=1S/C5H4INO2/c6-3-7-4(8)1-2-5(7)9/h1-2H,3H2/i6-2. The third-order valence-electron chi connectivity index (χ3n) is 1.02. The van der Waals surface area contributed by atoms with Crippen LogP contribution in [0.4, 0.5) is 0 Å². The number of carbonyl (C=O) groups is 2. The fraction of sp³-hybridized carbons (Fsp3) is 0.200. The zero-order valence-corrected chi connectivity index (χ0v) is 6.66. The summed E-state index contributed by atoms with van der Waals surface area (Å²) in [7, 11) is 0. The summed E-state index contributed by atoms with van der Waals surface area (Å²) in [5.41, 5.74) is 0. The average Bonchev–Trinajstić information content (AvgIpc) is 2.12. The predicted octanol–water partition coefficient (Wildman–Crippen LogP) is 0.304. The summed E-state index contributed by atoms with van der Waals surface area (Å²) in [5, 5.41) is 0. The molecular formula is C5H4INO2. The first kappa shape index (κ1) is 6.73. The smallest absolute Gasteiger partial charge is 0.254 e. The third-order valence-corrected chi connectivity index (χ3v) is 1.70. The fourth-order valence-corrected chi connectivity index (χ4v) is 1.22. The van der Waals surface area contributed by atoms with Gasteiger partial charge < -0.3 is 0 Å². The lowest BCUT2D eigenvalue weighted by Gasteiger charge is -2.06. The van der Waals surface area contributed by atoms with Gasteiger partial charge in [-0.25, -0.2) is 0 Å². The highest BCUT2D eigenvalue weighted by Crippen LogP contribution is 2.04. The summed E-state index contributed by atoms with van der Waals surface area (Å²) in [6.45, 7) is 0. The van der Waals surface area contributed by atoms with Crippen LogP contribution in [0, 0.1) is 0 Å². The van der Waals surface area contributed by atoms with Crippen molar-refractivity contribution in [1.82, 2.24) is 4.90 Å². The molecule has 0 aliphatic carbocycles. The van der Waals surface area contributed by atoms with Gasteiger partial charge in [0.25, 0.3) is 11.8 Å². The zero-order valence-electron chi connectivity index (χ0n) is 4.50. The zero-order chi connectivity index (χ0) is 6.85. The second kappa shape index (κ2) is 2.47. The van der Waals surface area contributed by atoms with Crippen molar-refractivity contribution in [2.24, 2.45) is 0 Å². The SMILES string of the molecule is O=C1C=CC(=O)N1C[125I]. The Kier molecular flexibility index (Phi) is 1.84. The number of imide groups is 1. The highest BCUT2D eigenvalue weighted by Gasteiger charge is 2.20. The molecule has 0 aromatic heterocycles. The van der Waals surface area contributed by atoms with Crippen LogP contribution in [-0.4, -0.2) is 21.3 Å². The van der Waals surface area contributed by atoms with Gasteiger partial charge in [0.1, 0.15) is 0 Å². The second-order valence-corrected chi connectivity index (χ2v) is 2.24. The minimum atomic E-state index is -0.214. The van der Waals surface area contributed by atoms with E-state index >= 15 is 0 Å². The Morgan fingerprint density at radius 3 is 2.00 bits per heavy atom. The maximum Gasteiger partial charge on any atom is 0.254 e. The largest absolute Gasteiger partial charge is 0.269 e. The van der Waals surface area contributed by atoms with Gasteiger partial charge in [-0.2, -0.15) is 0 Å². The van der Waals surface area contributed by atoms with Crippen molar-refractivity contribution in [1.29, 1.82) is 0 Å². The van der Waals surface area contributed by atoms with E-state index in [1.165, 1.54) is 17.1 Å². The Balaban J connectivity index is 2.75. The molecule has 0 spiro atoms. The van der Waals surface area contributed by atoms with Crippen molar-refractivity contribution in [3.63, 3.8) is 0 Å². The van der Waals surface area contributed by atoms with E-state index in [1.54, 1.807) is 0 Å². The maximum absolute atomic E-state index is 10.6. The van der Waals surface area contributed by atoms with E-state index in [1.807, 2.05) is 22.6 Å². The summed E-state index contributed by atoms with van der Waals surface area (Å²) in [6, 6.07) is 0. The van der Waals surface area contributed by atoms with Crippen LogP contribution in [0.2, 0.25) is 0 Å². The van der Waals surface area contributed by atoms with Crippen molar-refractivity contribution in [3.05, 3.63) is 12.2 Å². The molecule has 0 fully saturated rings. The van der Waals surface area contributed by atoms with Gasteiger partial charge in [-0.1, -0.05) is 22.6 Å². The lowest BCUT2D eigenvalue weighted by Crippen LogP contribution is -2.27. The van der Waals surface area contributed by atoms with Crippen molar-refractivity contribution < 1.29 is 9.59 Å². The number of nitrogens with zero attached hydrogens (tertiary/aromatic N) is 1. The molecule has 1 heterocycles. The van der Waals surface area contributed by atoms with Crippen LogP contribution in [0.1, 0.15) is 0 Å². The fourth-order valence-electron chi connectivity index (χ4n) is 0.549. The molecule has 1 rings (SSSR count). The van der Waals surface area contributed by atoms with Crippen LogP contribution in [0.5, 0.6) is 0 Å². The molecule has 48 valence electrons. The molecular weight excluding hydrogens is 231 g/mol. The lowest BCUT2D eigenvalue weighted by atomic mass is 10.6. The molecule has 0 aromatic carbocycles. The molecule has 9 heavy (non-hydrogen) atoms. The number of halogens is 1. The van der Waals surface area contributed by atoms with Crippen LogP contribution in [0.15, 0.2) is 12.2 Å². The molecule has 0 radical (unpaired) electrons. The Morgan fingerprint density at radius 1 is 1.33 bits per heavy atom. The summed E-state index contributed by atoms with van der Waals surface area (Å²) in [6.07, 6.45) is 2.56. The van der Waals surface area contributed by atoms with Crippen molar-refractivity contribution >= 4 is 34.4 Å². The van der Waals surface area contributed by atoms with E-state index < -0.39 is 0 Å². The second-order valence-electron chi connectivity index (χ2n) is 1.56. The number of hydrogen-bond donors (Lipinski definition) is 0. The first-order valence-corrected chi connectivity index (χ1v) is 3.88. The highest BCUT2D eigenvalue weighted by molar-refractivity contribution is 14.1. The molecule has 1 aliphatic heterocycles. The maximum atomic E-state index is 10.6. The van der Waals surface area contributed by atoms with Gasteiger partial charge in [0.05, 0.1) is 4.55 Å². The first-order valence-electron chi connectivity index (χ1n) is 2.35. The van der Waals surface area contributed by atoms with Crippen LogP contribution in [0.25, 0.3) is 0 Å². The first-order chi connectivity index (χ1) is 4.25. The number of carbonyl (C=O) groups excluding carboxylic acids is 2. The molecule has 0 saturated heterocycles. The number of alkyl halides is 1. The summed E-state index contributed by atoms with van der Waals surface area (Å²) in [5.74, 6) is -0.427. The molecule has 0 saturated carbocycles. The van der Waals surface area contributed by atoms with Crippen molar-refractivity contribution in [3.8, 4) is 0 Å². The van der Waals surface area contributed by atoms with E-state index in [0.717, 1.165) is 0 Å². The van der Waals surface area contributed by atoms with Crippen molar-refractivity contribution in [2.45, 2.75) is 0 Å². The Bertz CT molecular complexity index is 169. The van der Waals surface area contributed by atoms with Gasteiger partial charge >= 0.3 is 0 Å². The molecule has 3 nitrogen and oxygen atoms in total. The van der Waals surface area contributed by atoms with Gasteiger partial charge in [-0.3, -0.25) is 14.5 Å². The molecule has 4 heteroatoms. The van der Waals surface area contributed by atoms with Crippen LogP contribution < -0.4 is 0 Å². The van der Waals surface area contributed by atoms with Crippen LogP contribution >= 0.6 is 22.6 Å². The molecule has 0 N–H and O–H groups in total. The van der Waals surface area contributed by atoms with Crippen LogP contribution in [-0.2, 0) is 9.59 Å². The van der Waals surface area contributed by atoms with Gasteiger partial charge in [-0.05, 0) is 0 Å². The van der Waals surface area contributed by atoms with Gasteiger partial charge in [-0.15, -0.1) is 0 Å². The molecule has 1 aliphatic rings. The van der Waals surface area contributed by atoms with Gasteiger partial charge in [0.2, 0.25) is 0 Å². The topological polar surface area (TPSA) is 37.4 Å². The highest BCUT2D eigenvalue weighted by atomic mass is 125. The minimum absolute atomic E-state index is 0.214. The summed E-state index contributed by atoms with van der Waals surface area (Å²) in [4.78, 5) is 22.4. The van der Waals surface area contributed by atoms with Gasteiger partial charge in [0, 0.05) is 12.2 Å². The number of amides is 2. The Morgan fingerprint density at radius 2 is 1.78 bits per heavy atom. The summed E-state index contributed by atoms with van der Waals surface area (Å²) < 4.78 is 0.433. The monoisotopic (exact) mass is 235 g/mol. The molecule has 2 amide bonds. The van der Waals surface area contributed by atoms with Crippen LogP contribution in [0.3, 0.4) is 0 Å².